The van der Waals surface area contributed by atoms with Crippen LogP contribution in [0.4, 0.5) is 0 Å². The molecule has 2 aromatic carbocycles. The van der Waals surface area contributed by atoms with E-state index in [1.807, 2.05) is 6.07 Å². The summed E-state index contributed by atoms with van der Waals surface area (Å²) < 4.78 is 8.61. The van der Waals surface area contributed by atoms with Crippen LogP contribution in [0.15, 0.2) is 71.3 Å². The number of pyridine rings is 2. The SMILES string of the molecule is Cc1ccc2c(oc3nc4c(cc32)-c2ccccc2C4(C)C)c1-c1cccc[n+]1C. The van der Waals surface area contributed by atoms with Crippen LogP contribution in [0, 0.1) is 6.92 Å². The predicted octanol–water partition coefficient (Wildman–Crippen LogP) is 6.09. The Morgan fingerprint density at radius 3 is 2.53 bits per heavy atom. The summed E-state index contributed by atoms with van der Waals surface area (Å²) in [6.45, 7) is 6.64. The summed E-state index contributed by atoms with van der Waals surface area (Å²) in [4.78, 5) is 5.07. The number of nitrogens with zero attached hydrogens (tertiary/aromatic N) is 2. The van der Waals surface area contributed by atoms with Gasteiger partial charge >= 0.3 is 0 Å². The first-order chi connectivity index (χ1) is 14.5. The van der Waals surface area contributed by atoms with Crippen molar-refractivity contribution >= 4 is 22.1 Å². The lowest BCUT2D eigenvalue weighted by molar-refractivity contribution is -0.660. The highest BCUT2D eigenvalue weighted by molar-refractivity contribution is 6.10. The monoisotopic (exact) mass is 391 g/mol. The van der Waals surface area contributed by atoms with Gasteiger partial charge in [-0.2, -0.15) is 0 Å². The van der Waals surface area contributed by atoms with Gasteiger partial charge in [-0.25, -0.2) is 9.55 Å². The fourth-order valence-corrected chi connectivity index (χ4v) is 5.04. The number of hydrogen-bond donors (Lipinski definition) is 0. The topological polar surface area (TPSA) is 29.9 Å². The normalized spacial score (nSPS) is 14.3. The van der Waals surface area contributed by atoms with Gasteiger partial charge < -0.3 is 4.42 Å². The summed E-state index contributed by atoms with van der Waals surface area (Å²) in [5.41, 5.74) is 9.89. The molecule has 1 aliphatic rings. The molecule has 0 atom stereocenters. The minimum Gasteiger partial charge on any atom is -0.437 e. The molecular formula is C27H23N2O+. The van der Waals surface area contributed by atoms with Crippen LogP contribution in [0.1, 0.15) is 30.7 Å². The van der Waals surface area contributed by atoms with Gasteiger partial charge in [0.15, 0.2) is 11.8 Å². The van der Waals surface area contributed by atoms with E-state index in [4.69, 9.17) is 9.40 Å². The first-order valence-electron chi connectivity index (χ1n) is 10.4. The molecule has 0 spiro atoms. The summed E-state index contributed by atoms with van der Waals surface area (Å²) in [7, 11) is 2.07. The third-order valence-electron chi connectivity index (χ3n) is 6.64. The smallest absolute Gasteiger partial charge is 0.227 e. The molecule has 0 amide bonds. The van der Waals surface area contributed by atoms with E-state index in [2.05, 4.69) is 93.2 Å². The zero-order valence-corrected chi connectivity index (χ0v) is 17.7. The molecule has 5 aromatic rings. The van der Waals surface area contributed by atoms with Crippen LogP contribution in [0.2, 0.25) is 0 Å². The fourth-order valence-electron chi connectivity index (χ4n) is 5.04. The lowest BCUT2D eigenvalue weighted by Crippen LogP contribution is -2.30. The number of aryl methyl sites for hydroxylation is 2. The van der Waals surface area contributed by atoms with Gasteiger partial charge in [0.25, 0.3) is 0 Å². The molecule has 146 valence electrons. The summed E-state index contributed by atoms with van der Waals surface area (Å²) in [6.07, 6.45) is 2.07. The number of furan rings is 1. The van der Waals surface area contributed by atoms with E-state index in [9.17, 15) is 0 Å². The van der Waals surface area contributed by atoms with Gasteiger partial charge in [0.1, 0.15) is 7.05 Å². The molecular weight excluding hydrogens is 368 g/mol. The Labute approximate surface area is 175 Å². The molecule has 0 bridgehead atoms. The third kappa shape index (κ3) is 2.15. The van der Waals surface area contributed by atoms with Gasteiger partial charge in [0.05, 0.1) is 11.3 Å². The van der Waals surface area contributed by atoms with Crippen molar-refractivity contribution in [2.45, 2.75) is 26.2 Å². The third-order valence-corrected chi connectivity index (χ3v) is 6.64. The number of rotatable bonds is 1. The van der Waals surface area contributed by atoms with Crippen LogP contribution < -0.4 is 4.57 Å². The molecule has 0 radical (unpaired) electrons. The number of hydrogen-bond acceptors (Lipinski definition) is 2. The van der Waals surface area contributed by atoms with Crippen molar-refractivity contribution in [3.63, 3.8) is 0 Å². The van der Waals surface area contributed by atoms with Crippen LogP contribution in [-0.2, 0) is 12.5 Å². The van der Waals surface area contributed by atoms with Gasteiger partial charge in [-0.1, -0.05) is 50.2 Å². The summed E-state index contributed by atoms with van der Waals surface area (Å²) in [5, 5.41) is 2.20. The van der Waals surface area contributed by atoms with E-state index >= 15 is 0 Å². The highest BCUT2D eigenvalue weighted by Crippen LogP contribution is 2.49. The highest BCUT2D eigenvalue weighted by atomic mass is 16.3. The van der Waals surface area contributed by atoms with Crippen molar-refractivity contribution in [3.8, 4) is 22.4 Å². The van der Waals surface area contributed by atoms with E-state index in [1.54, 1.807) is 0 Å². The van der Waals surface area contributed by atoms with E-state index in [0.717, 1.165) is 39.0 Å². The van der Waals surface area contributed by atoms with Crippen molar-refractivity contribution < 1.29 is 8.98 Å². The molecule has 0 N–H and O–H groups in total. The molecule has 0 saturated heterocycles. The number of benzene rings is 2. The van der Waals surface area contributed by atoms with Crippen molar-refractivity contribution in [2.24, 2.45) is 7.05 Å². The summed E-state index contributed by atoms with van der Waals surface area (Å²) in [5.74, 6) is 0. The van der Waals surface area contributed by atoms with Crippen LogP contribution in [0.5, 0.6) is 0 Å². The van der Waals surface area contributed by atoms with Crippen molar-refractivity contribution in [3.05, 3.63) is 83.7 Å². The van der Waals surface area contributed by atoms with Crippen LogP contribution >= 0.6 is 0 Å². The maximum Gasteiger partial charge on any atom is 0.227 e. The molecule has 0 saturated carbocycles. The Bertz CT molecular complexity index is 1490. The standard InChI is InChI=1S/C27H23N2O/c1-16-12-13-18-20-15-19-17-9-5-6-10-21(17)27(2,3)25(19)28-26(20)30-24(18)23(16)22-11-7-8-14-29(22)4/h5-15H,1-4H3/q+1. The van der Waals surface area contributed by atoms with Gasteiger partial charge in [0, 0.05) is 33.9 Å². The Balaban J connectivity index is 1.71. The Kier molecular flexibility index (Phi) is 3.36. The van der Waals surface area contributed by atoms with Gasteiger partial charge in [-0.3, -0.25) is 0 Å². The highest BCUT2D eigenvalue weighted by Gasteiger charge is 2.37. The van der Waals surface area contributed by atoms with Crippen molar-refractivity contribution in [1.82, 2.24) is 4.98 Å². The quantitative estimate of drug-likeness (QED) is 0.324. The molecule has 0 aliphatic heterocycles. The van der Waals surface area contributed by atoms with Gasteiger partial charge in [-0.05, 0) is 35.7 Å². The maximum atomic E-state index is 6.47. The van der Waals surface area contributed by atoms with Crippen molar-refractivity contribution in [1.29, 1.82) is 0 Å². The first-order valence-corrected chi connectivity index (χ1v) is 10.4. The molecule has 3 aromatic heterocycles. The average Bonchev–Trinajstić information content (AvgIpc) is 3.21. The van der Waals surface area contributed by atoms with Gasteiger partial charge in [-0.15, -0.1) is 0 Å². The Morgan fingerprint density at radius 1 is 0.900 bits per heavy atom. The molecule has 0 fully saturated rings. The van der Waals surface area contributed by atoms with E-state index in [1.165, 1.54) is 22.3 Å². The maximum absolute atomic E-state index is 6.47. The van der Waals surface area contributed by atoms with Gasteiger partial charge in [0.2, 0.25) is 11.4 Å². The van der Waals surface area contributed by atoms with Crippen LogP contribution in [-0.4, -0.2) is 4.98 Å². The molecule has 3 heteroatoms. The minimum atomic E-state index is -0.135. The number of fused-ring (bicyclic) bond motifs is 6. The fraction of sp³-hybridized carbons (Fsp3) is 0.185. The average molecular weight is 391 g/mol. The molecule has 30 heavy (non-hydrogen) atoms. The predicted molar refractivity (Wildman–Crippen MR) is 120 cm³/mol. The second-order valence-electron chi connectivity index (χ2n) is 8.84. The largest absolute Gasteiger partial charge is 0.437 e. The van der Waals surface area contributed by atoms with E-state index in [-0.39, 0.29) is 5.41 Å². The zero-order valence-electron chi connectivity index (χ0n) is 17.7. The molecule has 3 nitrogen and oxygen atoms in total. The zero-order chi connectivity index (χ0) is 20.6. The Morgan fingerprint density at radius 2 is 1.70 bits per heavy atom. The molecule has 3 heterocycles. The molecule has 0 unspecified atom stereocenters. The lowest BCUT2D eigenvalue weighted by Gasteiger charge is -2.19. The van der Waals surface area contributed by atoms with Crippen molar-refractivity contribution in [2.75, 3.05) is 0 Å². The lowest BCUT2D eigenvalue weighted by atomic mass is 9.85. The summed E-state index contributed by atoms with van der Waals surface area (Å²) >= 11 is 0. The van der Waals surface area contributed by atoms with E-state index in [0.29, 0.717) is 0 Å². The van der Waals surface area contributed by atoms with E-state index < -0.39 is 0 Å². The molecule has 1 aliphatic carbocycles. The molecule has 6 rings (SSSR count). The second-order valence-corrected chi connectivity index (χ2v) is 8.84. The van der Waals surface area contributed by atoms with Crippen LogP contribution in [0.25, 0.3) is 44.5 Å². The number of aromatic nitrogens is 2. The minimum absolute atomic E-state index is 0.135. The second kappa shape index (κ2) is 5.79. The summed E-state index contributed by atoms with van der Waals surface area (Å²) in [6, 6.07) is 21.5. The Hall–Kier alpha value is -3.46. The first kappa shape index (κ1) is 17.4. The van der Waals surface area contributed by atoms with Crippen LogP contribution in [0.3, 0.4) is 0 Å².